The topological polar surface area (TPSA) is 58.2 Å². The van der Waals surface area contributed by atoms with Gasteiger partial charge in [0.2, 0.25) is 11.8 Å². The van der Waals surface area contributed by atoms with Crippen LogP contribution in [-0.4, -0.2) is 22.6 Å². The molecule has 1 aromatic rings. The normalized spacial score (nSPS) is 17.1. The predicted molar refractivity (Wildman–Crippen MR) is 89.6 cm³/mol. The quantitative estimate of drug-likeness (QED) is 0.821. The van der Waals surface area contributed by atoms with Crippen molar-refractivity contribution in [1.29, 1.82) is 0 Å². The van der Waals surface area contributed by atoms with E-state index in [1.807, 2.05) is 38.1 Å². The second-order valence-corrected chi connectivity index (χ2v) is 6.52. The summed E-state index contributed by atoms with van der Waals surface area (Å²) in [4.78, 5) is 25.4. The maximum Gasteiger partial charge on any atom is 0.238 e. The molecule has 2 N–H and O–H groups in total. The van der Waals surface area contributed by atoms with Crippen molar-refractivity contribution in [3.8, 4) is 12.3 Å². The summed E-state index contributed by atoms with van der Waals surface area (Å²) >= 11 is 1.42. The Hall–Kier alpha value is -1.93. The Bertz CT molecular complexity index is 617. The van der Waals surface area contributed by atoms with Gasteiger partial charge in [0, 0.05) is 11.3 Å². The van der Waals surface area contributed by atoms with Crippen molar-refractivity contribution < 1.29 is 9.59 Å². The van der Waals surface area contributed by atoms with Crippen molar-refractivity contribution in [2.75, 3.05) is 5.32 Å². The average molecular weight is 316 g/mol. The second kappa shape index (κ2) is 6.89. The van der Waals surface area contributed by atoms with E-state index in [0.29, 0.717) is 12.8 Å². The fraction of sp³-hybridized carbons (Fsp3) is 0.412. The first kappa shape index (κ1) is 16.4. The Kier molecular flexibility index (Phi) is 5.15. The highest BCUT2D eigenvalue weighted by molar-refractivity contribution is 8.01. The van der Waals surface area contributed by atoms with Crippen molar-refractivity contribution in [3.05, 3.63) is 24.3 Å². The van der Waals surface area contributed by atoms with E-state index in [2.05, 4.69) is 16.6 Å². The van der Waals surface area contributed by atoms with E-state index >= 15 is 0 Å². The van der Waals surface area contributed by atoms with Crippen LogP contribution >= 0.6 is 11.8 Å². The van der Waals surface area contributed by atoms with Crippen molar-refractivity contribution >= 4 is 29.3 Å². The molecule has 0 saturated heterocycles. The van der Waals surface area contributed by atoms with Crippen molar-refractivity contribution in [2.24, 2.45) is 0 Å². The number of fused-ring (bicyclic) bond motifs is 1. The summed E-state index contributed by atoms with van der Waals surface area (Å²) in [6, 6.07) is 7.58. The Labute approximate surface area is 135 Å². The summed E-state index contributed by atoms with van der Waals surface area (Å²) in [6.45, 7) is 3.89. The minimum Gasteiger partial charge on any atom is -0.340 e. The third-order valence-electron chi connectivity index (χ3n) is 3.94. The zero-order valence-electron chi connectivity index (χ0n) is 12.8. The van der Waals surface area contributed by atoms with Gasteiger partial charge in [0.1, 0.15) is 5.54 Å². The number of nitrogens with one attached hydrogen (secondary N) is 2. The van der Waals surface area contributed by atoms with E-state index < -0.39 is 10.8 Å². The zero-order chi connectivity index (χ0) is 16.2. The van der Waals surface area contributed by atoms with Crippen LogP contribution in [0.4, 0.5) is 5.69 Å². The number of anilines is 1. The third kappa shape index (κ3) is 3.45. The van der Waals surface area contributed by atoms with Crippen LogP contribution in [0.15, 0.2) is 29.2 Å². The molecule has 1 aliphatic heterocycles. The van der Waals surface area contributed by atoms with E-state index in [0.717, 1.165) is 10.6 Å². The van der Waals surface area contributed by atoms with Crippen LogP contribution in [0.3, 0.4) is 0 Å². The van der Waals surface area contributed by atoms with Gasteiger partial charge in [-0.3, -0.25) is 9.59 Å². The fourth-order valence-corrected chi connectivity index (χ4v) is 3.49. The lowest BCUT2D eigenvalue weighted by molar-refractivity contribution is -0.125. The Morgan fingerprint density at radius 2 is 2.09 bits per heavy atom. The van der Waals surface area contributed by atoms with Gasteiger partial charge in [-0.05, 0) is 25.0 Å². The second-order valence-electron chi connectivity index (χ2n) is 5.28. The van der Waals surface area contributed by atoms with Crippen LogP contribution in [0, 0.1) is 12.3 Å². The van der Waals surface area contributed by atoms with Gasteiger partial charge in [0.15, 0.2) is 0 Å². The molecule has 1 unspecified atom stereocenters. The number of hydrogen-bond donors (Lipinski definition) is 2. The van der Waals surface area contributed by atoms with Gasteiger partial charge in [0.05, 0.1) is 10.9 Å². The fourth-order valence-electron chi connectivity index (χ4n) is 2.38. The molecule has 0 aliphatic carbocycles. The van der Waals surface area contributed by atoms with Gasteiger partial charge in [-0.25, -0.2) is 0 Å². The molecular weight excluding hydrogens is 296 g/mol. The van der Waals surface area contributed by atoms with Gasteiger partial charge >= 0.3 is 0 Å². The van der Waals surface area contributed by atoms with Crippen LogP contribution in [0.25, 0.3) is 0 Å². The monoisotopic (exact) mass is 316 g/mol. The number of carbonyl (C=O) groups excluding carboxylic acids is 2. The molecule has 0 saturated carbocycles. The van der Waals surface area contributed by atoms with Crippen molar-refractivity contribution in [3.63, 3.8) is 0 Å². The molecule has 116 valence electrons. The number of carbonyl (C=O) groups is 2. The Balaban J connectivity index is 2.04. The number of benzene rings is 1. The highest BCUT2D eigenvalue weighted by Gasteiger charge is 2.31. The van der Waals surface area contributed by atoms with Crippen molar-refractivity contribution in [2.45, 2.75) is 48.8 Å². The predicted octanol–water partition coefficient (Wildman–Crippen LogP) is 2.80. The van der Waals surface area contributed by atoms with E-state index in [1.54, 1.807) is 0 Å². The molecule has 0 bridgehead atoms. The number of para-hydroxylation sites is 1. The van der Waals surface area contributed by atoms with E-state index in [-0.39, 0.29) is 18.2 Å². The number of amides is 2. The van der Waals surface area contributed by atoms with E-state index in [4.69, 9.17) is 6.42 Å². The molecule has 0 spiro atoms. The van der Waals surface area contributed by atoms with Crippen LogP contribution < -0.4 is 10.6 Å². The zero-order valence-corrected chi connectivity index (χ0v) is 13.6. The summed E-state index contributed by atoms with van der Waals surface area (Å²) in [6.07, 6.45) is 7.00. The standard InChI is InChI=1S/C17H20N2O2S/c1-4-17(5-2,6-3)19-15(20)11-14-16(21)18-12-9-7-8-10-13(12)22-14/h1,7-10,14H,5-6,11H2,2-3H3,(H,18,21)(H,19,20). The Morgan fingerprint density at radius 3 is 2.73 bits per heavy atom. The number of rotatable bonds is 5. The molecular formula is C17H20N2O2S. The maximum atomic E-state index is 12.3. The molecule has 0 radical (unpaired) electrons. The molecule has 0 fully saturated rings. The molecule has 5 heteroatoms. The number of thioether (sulfide) groups is 1. The van der Waals surface area contributed by atoms with Crippen molar-refractivity contribution in [1.82, 2.24) is 5.32 Å². The average Bonchev–Trinajstić information content (AvgIpc) is 2.53. The highest BCUT2D eigenvalue weighted by Crippen LogP contribution is 2.36. The van der Waals surface area contributed by atoms with Gasteiger partial charge < -0.3 is 10.6 Å². The van der Waals surface area contributed by atoms with Gasteiger partial charge in [-0.15, -0.1) is 18.2 Å². The summed E-state index contributed by atoms with van der Waals surface area (Å²) in [5.41, 5.74) is 0.180. The minimum atomic E-state index is -0.620. The van der Waals surface area contributed by atoms with E-state index in [9.17, 15) is 9.59 Å². The third-order valence-corrected chi connectivity index (χ3v) is 5.21. The van der Waals surface area contributed by atoms with Crippen LogP contribution in [0.2, 0.25) is 0 Å². The first-order chi connectivity index (χ1) is 10.5. The Morgan fingerprint density at radius 1 is 1.41 bits per heavy atom. The first-order valence-electron chi connectivity index (χ1n) is 7.39. The van der Waals surface area contributed by atoms with E-state index in [1.165, 1.54) is 11.8 Å². The molecule has 2 amide bonds. The largest absolute Gasteiger partial charge is 0.340 e. The van der Waals surface area contributed by atoms with Crippen LogP contribution in [0.5, 0.6) is 0 Å². The number of hydrogen-bond acceptors (Lipinski definition) is 3. The molecule has 1 aromatic carbocycles. The van der Waals surface area contributed by atoms with Gasteiger partial charge in [-0.1, -0.05) is 31.9 Å². The molecule has 1 heterocycles. The number of terminal acetylenes is 1. The lowest BCUT2D eigenvalue weighted by Gasteiger charge is -2.29. The van der Waals surface area contributed by atoms with Gasteiger partial charge in [0.25, 0.3) is 0 Å². The summed E-state index contributed by atoms with van der Waals surface area (Å²) in [7, 11) is 0. The molecule has 0 aromatic heterocycles. The molecule has 2 rings (SSSR count). The van der Waals surface area contributed by atoms with Gasteiger partial charge in [-0.2, -0.15) is 0 Å². The SMILES string of the molecule is C#CC(CC)(CC)NC(=O)CC1Sc2ccccc2NC1=O. The molecule has 4 nitrogen and oxygen atoms in total. The summed E-state index contributed by atoms with van der Waals surface area (Å²) in [5.74, 6) is 2.34. The van der Waals surface area contributed by atoms with Crippen LogP contribution in [0.1, 0.15) is 33.1 Å². The molecule has 1 atom stereocenters. The van der Waals surface area contributed by atoms with Crippen LogP contribution in [-0.2, 0) is 9.59 Å². The summed E-state index contributed by atoms with van der Waals surface area (Å²) in [5, 5.41) is 5.31. The molecule has 1 aliphatic rings. The smallest absolute Gasteiger partial charge is 0.238 e. The first-order valence-corrected chi connectivity index (χ1v) is 8.27. The highest BCUT2D eigenvalue weighted by atomic mass is 32.2. The lowest BCUT2D eigenvalue weighted by Crippen LogP contribution is -2.48. The summed E-state index contributed by atoms with van der Waals surface area (Å²) < 4.78 is 0. The molecule has 22 heavy (non-hydrogen) atoms. The maximum absolute atomic E-state index is 12.3. The minimum absolute atomic E-state index is 0.119. The lowest BCUT2D eigenvalue weighted by atomic mass is 9.93.